The van der Waals surface area contributed by atoms with E-state index in [4.69, 9.17) is 5.73 Å². The van der Waals surface area contributed by atoms with E-state index in [-0.39, 0.29) is 11.9 Å². The first-order chi connectivity index (χ1) is 9.13. The van der Waals surface area contributed by atoms with Crippen LogP contribution in [-0.2, 0) is 17.8 Å². The molecule has 3 N–H and O–H groups in total. The number of nitrogens with two attached hydrogens (primary N) is 1. The van der Waals surface area contributed by atoms with Crippen molar-refractivity contribution in [3.05, 3.63) is 48.5 Å². The lowest BCUT2D eigenvalue weighted by atomic mass is 10.1. The first-order valence-corrected chi connectivity index (χ1v) is 6.23. The Labute approximate surface area is 112 Å². The Balaban J connectivity index is 1.82. The number of nitrogens with zero attached hydrogens (tertiary/aromatic N) is 2. The summed E-state index contributed by atoms with van der Waals surface area (Å²) in [6, 6.07) is 7.41. The number of carbonyl (C=O) groups excluding carboxylic acids is 1. The summed E-state index contributed by atoms with van der Waals surface area (Å²) in [7, 11) is 0. The first kappa shape index (κ1) is 13.1. The Morgan fingerprint density at radius 3 is 2.79 bits per heavy atom. The summed E-state index contributed by atoms with van der Waals surface area (Å²) in [5, 5.41) is 2.96. The summed E-state index contributed by atoms with van der Waals surface area (Å²) in [5.41, 5.74) is 7.27. The summed E-state index contributed by atoms with van der Waals surface area (Å²) >= 11 is 0. The average Bonchev–Trinajstić information content (AvgIpc) is 2.84. The van der Waals surface area contributed by atoms with Crippen LogP contribution in [0.4, 0.5) is 5.69 Å². The van der Waals surface area contributed by atoms with Gasteiger partial charge in [-0.2, -0.15) is 0 Å². The summed E-state index contributed by atoms with van der Waals surface area (Å²) in [6.45, 7) is 2.69. The highest BCUT2D eigenvalue weighted by molar-refractivity contribution is 5.78. The van der Waals surface area contributed by atoms with E-state index in [1.165, 1.54) is 0 Å². The third-order valence-corrected chi connectivity index (χ3v) is 2.80. The van der Waals surface area contributed by atoms with Crippen molar-refractivity contribution in [3.63, 3.8) is 0 Å². The van der Waals surface area contributed by atoms with Gasteiger partial charge in [0.2, 0.25) is 5.91 Å². The van der Waals surface area contributed by atoms with E-state index in [9.17, 15) is 4.79 Å². The monoisotopic (exact) mass is 258 g/mol. The number of imidazole rings is 1. The molecule has 1 aromatic heterocycles. The molecule has 5 nitrogen and oxygen atoms in total. The van der Waals surface area contributed by atoms with E-state index in [1.807, 2.05) is 29.8 Å². The molecule has 0 saturated heterocycles. The number of anilines is 1. The van der Waals surface area contributed by atoms with Crippen LogP contribution in [0.5, 0.6) is 0 Å². The van der Waals surface area contributed by atoms with Crippen LogP contribution < -0.4 is 11.1 Å². The Hall–Kier alpha value is -2.30. The molecular formula is C14H18N4O. The Morgan fingerprint density at radius 1 is 1.42 bits per heavy atom. The fourth-order valence-electron chi connectivity index (χ4n) is 1.90. The van der Waals surface area contributed by atoms with E-state index in [0.717, 1.165) is 5.56 Å². The Morgan fingerprint density at radius 2 is 2.16 bits per heavy atom. The maximum absolute atomic E-state index is 11.9. The first-order valence-electron chi connectivity index (χ1n) is 6.23. The molecule has 0 spiro atoms. The fourth-order valence-corrected chi connectivity index (χ4v) is 1.90. The minimum Gasteiger partial charge on any atom is -0.399 e. The van der Waals surface area contributed by atoms with Crippen molar-refractivity contribution >= 4 is 11.6 Å². The topological polar surface area (TPSA) is 72.9 Å². The van der Waals surface area contributed by atoms with Gasteiger partial charge in [-0.05, 0) is 24.6 Å². The number of nitrogen functional groups attached to an aromatic ring is 1. The van der Waals surface area contributed by atoms with Crippen molar-refractivity contribution in [1.29, 1.82) is 0 Å². The second kappa shape index (κ2) is 6.04. The van der Waals surface area contributed by atoms with E-state index in [0.29, 0.717) is 18.7 Å². The lowest BCUT2D eigenvalue weighted by molar-refractivity contribution is -0.121. The van der Waals surface area contributed by atoms with Crippen LogP contribution in [0.25, 0.3) is 0 Å². The largest absolute Gasteiger partial charge is 0.399 e. The van der Waals surface area contributed by atoms with Crippen molar-refractivity contribution in [1.82, 2.24) is 14.9 Å². The standard InChI is InChI=1S/C14H18N4O/c1-11(9-18-7-6-16-10-18)17-14(19)8-12-2-4-13(15)5-3-12/h2-7,10-11H,8-9,15H2,1H3,(H,17,19). The van der Waals surface area contributed by atoms with Crippen LogP contribution in [-0.4, -0.2) is 21.5 Å². The zero-order valence-electron chi connectivity index (χ0n) is 10.9. The number of carbonyl (C=O) groups is 1. The molecule has 1 atom stereocenters. The minimum atomic E-state index is 0.0115. The number of aromatic nitrogens is 2. The van der Waals surface area contributed by atoms with Crippen molar-refractivity contribution in [2.75, 3.05) is 5.73 Å². The van der Waals surface area contributed by atoms with Crippen molar-refractivity contribution in [3.8, 4) is 0 Å². The van der Waals surface area contributed by atoms with E-state index >= 15 is 0 Å². The van der Waals surface area contributed by atoms with Gasteiger partial charge < -0.3 is 15.6 Å². The van der Waals surface area contributed by atoms with Gasteiger partial charge in [0.05, 0.1) is 12.7 Å². The van der Waals surface area contributed by atoms with Gasteiger partial charge >= 0.3 is 0 Å². The molecule has 2 aromatic rings. The molecule has 0 aliphatic carbocycles. The average molecular weight is 258 g/mol. The molecule has 0 fully saturated rings. The van der Waals surface area contributed by atoms with Crippen LogP contribution in [0.3, 0.4) is 0 Å². The van der Waals surface area contributed by atoms with Crippen LogP contribution in [0.15, 0.2) is 43.0 Å². The molecule has 100 valence electrons. The van der Waals surface area contributed by atoms with Gasteiger partial charge in [-0.15, -0.1) is 0 Å². The number of hydrogen-bond donors (Lipinski definition) is 2. The van der Waals surface area contributed by atoms with Gasteiger partial charge in [0.1, 0.15) is 0 Å². The highest BCUT2D eigenvalue weighted by Gasteiger charge is 2.08. The zero-order valence-corrected chi connectivity index (χ0v) is 10.9. The number of rotatable bonds is 5. The maximum atomic E-state index is 11.9. The second-order valence-electron chi connectivity index (χ2n) is 4.65. The number of benzene rings is 1. The Kier molecular flexibility index (Phi) is 4.18. The molecular weight excluding hydrogens is 240 g/mol. The summed E-state index contributed by atoms with van der Waals surface area (Å²) in [5.74, 6) is 0.0115. The summed E-state index contributed by atoms with van der Waals surface area (Å²) in [6.07, 6.45) is 5.71. The lowest BCUT2D eigenvalue weighted by Crippen LogP contribution is -2.36. The highest BCUT2D eigenvalue weighted by Crippen LogP contribution is 2.06. The molecule has 2 rings (SSSR count). The van der Waals surface area contributed by atoms with Gasteiger partial charge in [0, 0.05) is 30.7 Å². The Bertz CT molecular complexity index is 519. The van der Waals surface area contributed by atoms with Gasteiger partial charge in [0.25, 0.3) is 0 Å². The molecule has 0 aliphatic rings. The molecule has 5 heteroatoms. The molecule has 0 bridgehead atoms. The van der Waals surface area contributed by atoms with Gasteiger partial charge in [-0.3, -0.25) is 4.79 Å². The minimum absolute atomic E-state index is 0.0115. The van der Waals surface area contributed by atoms with Crippen LogP contribution >= 0.6 is 0 Å². The number of nitrogens with one attached hydrogen (secondary N) is 1. The van der Waals surface area contributed by atoms with E-state index in [2.05, 4.69) is 10.3 Å². The predicted molar refractivity (Wildman–Crippen MR) is 74.4 cm³/mol. The van der Waals surface area contributed by atoms with Crippen LogP contribution in [0.1, 0.15) is 12.5 Å². The molecule has 1 aromatic carbocycles. The van der Waals surface area contributed by atoms with Gasteiger partial charge in [-0.25, -0.2) is 4.98 Å². The van der Waals surface area contributed by atoms with Crippen LogP contribution in [0, 0.1) is 0 Å². The van der Waals surface area contributed by atoms with Gasteiger partial charge in [-0.1, -0.05) is 12.1 Å². The van der Waals surface area contributed by atoms with Crippen molar-refractivity contribution in [2.45, 2.75) is 25.9 Å². The lowest BCUT2D eigenvalue weighted by Gasteiger charge is -2.14. The quantitative estimate of drug-likeness (QED) is 0.792. The molecule has 1 amide bonds. The van der Waals surface area contributed by atoms with Crippen molar-refractivity contribution < 1.29 is 4.79 Å². The number of hydrogen-bond acceptors (Lipinski definition) is 3. The predicted octanol–water partition coefficient (Wildman–Crippen LogP) is 1.21. The third-order valence-electron chi connectivity index (χ3n) is 2.80. The molecule has 0 saturated carbocycles. The van der Waals surface area contributed by atoms with E-state index < -0.39 is 0 Å². The highest BCUT2D eigenvalue weighted by atomic mass is 16.1. The molecule has 19 heavy (non-hydrogen) atoms. The zero-order chi connectivity index (χ0) is 13.7. The molecule has 1 unspecified atom stereocenters. The van der Waals surface area contributed by atoms with Gasteiger partial charge in [0.15, 0.2) is 0 Å². The maximum Gasteiger partial charge on any atom is 0.224 e. The summed E-state index contributed by atoms with van der Waals surface area (Å²) in [4.78, 5) is 15.8. The third kappa shape index (κ3) is 4.13. The molecule has 1 heterocycles. The fraction of sp³-hybridized carbons (Fsp3) is 0.286. The number of amides is 1. The molecule has 0 aliphatic heterocycles. The van der Waals surface area contributed by atoms with Crippen molar-refractivity contribution in [2.24, 2.45) is 0 Å². The normalized spacial score (nSPS) is 12.1. The smallest absolute Gasteiger partial charge is 0.224 e. The van der Waals surface area contributed by atoms with Crippen LogP contribution in [0.2, 0.25) is 0 Å². The summed E-state index contributed by atoms with van der Waals surface area (Å²) < 4.78 is 1.94. The second-order valence-corrected chi connectivity index (χ2v) is 4.65. The van der Waals surface area contributed by atoms with E-state index in [1.54, 1.807) is 24.7 Å². The molecule has 0 radical (unpaired) electrons. The SMILES string of the molecule is CC(Cn1ccnc1)NC(=O)Cc1ccc(N)cc1.